The Morgan fingerprint density at radius 3 is 2.89 bits per heavy atom. The molecule has 0 bridgehead atoms. The summed E-state index contributed by atoms with van der Waals surface area (Å²) in [6.45, 7) is 1.71. The van der Waals surface area contributed by atoms with Crippen molar-refractivity contribution in [2.75, 3.05) is 0 Å². The molecule has 2 rings (SSSR count). The number of nitrogens with zero attached hydrogens (tertiary/aromatic N) is 2. The average molecular weight is 360 g/mol. The maximum atomic E-state index is 11.1. The standard InChI is InChI=1S/C11H9IN2O4/c1-6-13-14-10(18-6)5-17-9-3-2-7(12)4-8(9)11(15)16/h2-4H,5H2,1H3,(H,15,16). The lowest BCUT2D eigenvalue weighted by molar-refractivity contribution is 0.0691. The second-order valence-electron chi connectivity index (χ2n) is 3.45. The largest absolute Gasteiger partial charge is 0.483 e. The van der Waals surface area contributed by atoms with Crippen molar-refractivity contribution >= 4 is 28.6 Å². The summed E-state index contributed by atoms with van der Waals surface area (Å²) >= 11 is 2.04. The van der Waals surface area contributed by atoms with E-state index in [0.29, 0.717) is 11.8 Å². The number of hydrogen-bond donors (Lipinski definition) is 1. The summed E-state index contributed by atoms with van der Waals surface area (Å²) in [7, 11) is 0. The zero-order chi connectivity index (χ0) is 13.1. The number of halogens is 1. The number of carbonyl (C=O) groups is 1. The third-order valence-corrected chi connectivity index (χ3v) is 2.76. The van der Waals surface area contributed by atoms with Crippen molar-refractivity contribution in [1.29, 1.82) is 0 Å². The van der Waals surface area contributed by atoms with Crippen LogP contribution in [-0.4, -0.2) is 21.3 Å². The van der Waals surface area contributed by atoms with E-state index in [4.69, 9.17) is 14.3 Å². The van der Waals surface area contributed by atoms with Crippen molar-refractivity contribution in [3.8, 4) is 5.75 Å². The molecule has 94 valence electrons. The van der Waals surface area contributed by atoms with Gasteiger partial charge >= 0.3 is 5.97 Å². The Morgan fingerprint density at radius 2 is 2.28 bits per heavy atom. The number of carboxylic acid groups (broad SMARTS) is 1. The number of rotatable bonds is 4. The molecule has 0 unspecified atom stereocenters. The number of aryl methyl sites for hydroxylation is 1. The Morgan fingerprint density at radius 1 is 1.50 bits per heavy atom. The molecule has 18 heavy (non-hydrogen) atoms. The van der Waals surface area contributed by atoms with Crippen LogP contribution >= 0.6 is 22.6 Å². The van der Waals surface area contributed by atoms with Crippen LogP contribution in [-0.2, 0) is 6.61 Å². The molecule has 0 saturated carbocycles. The summed E-state index contributed by atoms with van der Waals surface area (Å²) in [4.78, 5) is 11.1. The lowest BCUT2D eigenvalue weighted by Gasteiger charge is -2.07. The van der Waals surface area contributed by atoms with Gasteiger partial charge in [-0.05, 0) is 40.8 Å². The molecule has 1 N–H and O–H groups in total. The third-order valence-electron chi connectivity index (χ3n) is 2.09. The van der Waals surface area contributed by atoms with Gasteiger partial charge in [0.25, 0.3) is 5.89 Å². The SMILES string of the molecule is Cc1nnc(COc2ccc(I)cc2C(=O)O)o1. The lowest BCUT2D eigenvalue weighted by atomic mass is 10.2. The van der Waals surface area contributed by atoms with Gasteiger partial charge in [0, 0.05) is 10.5 Å². The summed E-state index contributed by atoms with van der Waals surface area (Å²) in [5.41, 5.74) is 0.109. The Bertz CT molecular complexity index is 582. The van der Waals surface area contributed by atoms with Crippen LogP contribution in [0.4, 0.5) is 0 Å². The molecular weight excluding hydrogens is 351 g/mol. The molecule has 0 spiro atoms. The first-order chi connectivity index (χ1) is 8.56. The van der Waals surface area contributed by atoms with Crippen LogP contribution in [0.1, 0.15) is 22.1 Å². The van der Waals surface area contributed by atoms with E-state index in [2.05, 4.69) is 10.2 Å². The van der Waals surface area contributed by atoms with Crippen molar-refractivity contribution in [2.45, 2.75) is 13.5 Å². The zero-order valence-corrected chi connectivity index (χ0v) is 11.5. The van der Waals surface area contributed by atoms with E-state index < -0.39 is 5.97 Å². The molecule has 0 atom stereocenters. The second-order valence-corrected chi connectivity index (χ2v) is 4.69. The van der Waals surface area contributed by atoms with E-state index in [9.17, 15) is 4.79 Å². The lowest BCUT2D eigenvalue weighted by Crippen LogP contribution is -2.04. The Balaban J connectivity index is 2.16. The summed E-state index contributed by atoms with van der Waals surface area (Å²) in [5.74, 6) is -0.0129. The summed E-state index contributed by atoms with van der Waals surface area (Å²) in [5, 5.41) is 16.5. The van der Waals surface area contributed by atoms with E-state index in [1.165, 1.54) is 6.07 Å². The molecule has 6 nitrogen and oxygen atoms in total. The maximum Gasteiger partial charge on any atom is 0.339 e. The molecular formula is C11H9IN2O4. The van der Waals surface area contributed by atoms with Crippen LogP contribution < -0.4 is 4.74 Å². The molecule has 1 heterocycles. The minimum atomic E-state index is -1.04. The van der Waals surface area contributed by atoms with E-state index in [-0.39, 0.29) is 17.9 Å². The molecule has 0 saturated heterocycles. The summed E-state index contributed by atoms with van der Waals surface area (Å²) in [6, 6.07) is 4.91. The van der Waals surface area contributed by atoms with Gasteiger partial charge in [-0.25, -0.2) is 4.79 Å². The molecule has 0 fully saturated rings. The predicted molar refractivity (Wildman–Crippen MR) is 69.5 cm³/mol. The second kappa shape index (κ2) is 5.34. The van der Waals surface area contributed by atoms with Crippen LogP contribution in [0.2, 0.25) is 0 Å². The number of aromatic nitrogens is 2. The van der Waals surface area contributed by atoms with Crippen LogP contribution in [0.3, 0.4) is 0 Å². The maximum absolute atomic E-state index is 11.1. The van der Waals surface area contributed by atoms with Crippen LogP contribution in [0.15, 0.2) is 22.6 Å². The fraction of sp³-hybridized carbons (Fsp3) is 0.182. The van der Waals surface area contributed by atoms with E-state index >= 15 is 0 Å². The van der Waals surface area contributed by atoms with Crippen LogP contribution in [0.5, 0.6) is 5.75 Å². The minimum absolute atomic E-state index is 0.0434. The van der Waals surface area contributed by atoms with Crippen molar-refractivity contribution < 1.29 is 19.1 Å². The van der Waals surface area contributed by atoms with Crippen molar-refractivity contribution in [3.05, 3.63) is 39.1 Å². The van der Waals surface area contributed by atoms with E-state index in [1.54, 1.807) is 19.1 Å². The Hall–Kier alpha value is -1.64. The molecule has 0 aliphatic carbocycles. The number of aromatic carboxylic acids is 1. The minimum Gasteiger partial charge on any atom is -0.483 e. The molecule has 2 aromatic rings. The predicted octanol–water partition coefficient (Wildman–Crippen LogP) is 2.26. The smallest absolute Gasteiger partial charge is 0.339 e. The van der Waals surface area contributed by atoms with Gasteiger partial charge in [-0.2, -0.15) is 0 Å². The zero-order valence-electron chi connectivity index (χ0n) is 9.38. The van der Waals surface area contributed by atoms with Gasteiger partial charge in [-0.1, -0.05) is 0 Å². The van der Waals surface area contributed by atoms with Crippen molar-refractivity contribution in [2.24, 2.45) is 0 Å². The molecule has 1 aromatic carbocycles. The van der Waals surface area contributed by atoms with Crippen molar-refractivity contribution in [3.63, 3.8) is 0 Å². The van der Waals surface area contributed by atoms with Gasteiger partial charge in [-0.15, -0.1) is 10.2 Å². The highest BCUT2D eigenvalue weighted by atomic mass is 127. The molecule has 0 aliphatic heterocycles. The number of ether oxygens (including phenoxy) is 1. The fourth-order valence-corrected chi connectivity index (χ4v) is 1.82. The average Bonchev–Trinajstić information content (AvgIpc) is 2.73. The van der Waals surface area contributed by atoms with Gasteiger partial charge in [-0.3, -0.25) is 0 Å². The highest BCUT2D eigenvalue weighted by Crippen LogP contribution is 2.22. The Kier molecular flexibility index (Phi) is 3.80. The molecule has 0 amide bonds. The van der Waals surface area contributed by atoms with Gasteiger partial charge in [0.05, 0.1) is 0 Å². The van der Waals surface area contributed by atoms with Gasteiger partial charge in [0.1, 0.15) is 11.3 Å². The first-order valence-corrected chi connectivity index (χ1v) is 6.09. The molecule has 7 heteroatoms. The monoisotopic (exact) mass is 360 g/mol. The fourth-order valence-electron chi connectivity index (χ4n) is 1.33. The number of benzene rings is 1. The van der Waals surface area contributed by atoms with Crippen LogP contribution in [0.25, 0.3) is 0 Å². The quantitative estimate of drug-likeness (QED) is 0.842. The highest BCUT2D eigenvalue weighted by molar-refractivity contribution is 14.1. The normalized spacial score (nSPS) is 10.3. The first-order valence-electron chi connectivity index (χ1n) is 5.01. The van der Waals surface area contributed by atoms with Gasteiger partial charge in [0.2, 0.25) is 5.89 Å². The van der Waals surface area contributed by atoms with Gasteiger partial charge < -0.3 is 14.3 Å². The number of hydrogen-bond acceptors (Lipinski definition) is 5. The molecule has 0 aliphatic rings. The summed E-state index contributed by atoms with van der Waals surface area (Å²) < 4.78 is 11.3. The Labute approximate surface area is 116 Å². The highest BCUT2D eigenvalue weighted by Gasteiger charge is 2.13. The molecule has 0 radical (unpaired) electrons. The topological polar surface area (TPSA) is 85.5 Å². The summed E-state index contributed by atoms with van der Waals surface area (Å²) in [6.07, 6.45) is 0. The van der Waals surface area contributed by atoms with Crippen molar-refractivity contribution in [1.82, 2.24) is 10.2 Å². The first kappa shape index (κ1) is 12.8. The van der Waals surface area contributed by atoms with E-state index in [1.807, 2.05) is 22.6 Å². The third kappa shape index (κ3) is 2.97. The van der Waals surface area contributed by atoms with Crippen LogP contribution in [0, 0.1) is 10.5 Å². The van der Waals surface area contributed by atoms with Gasteiger partial charge in [0.15, 0.2) is 6.61 Å². The molecule has 1 aromatic heterocycles. The van der Waals surface area contributed by atoms with E-state index in [0.717, 1.165) is 3.57 Å². The number of carboxylic acids is 1.